The van der Waals surface area contributed by atoms with Crippen molar-refractivity contribution in [2.45, 2.75) is 32.7 Å². The van der Waals surface area contributed by atoms with Crippen molar-refractivity contribution in [3.8, 4) is 0 Å². The SMILES string of the molecule is CC(C)N(CC(=O)c1ccc(F)cc1)CC1CC1. The number of ketones is 1. The van der Waals surface area contributed by atoms with Crippen LogP contribution in [-0.2, 0) is 0 Å². The molecule has 0 unspecified atom stereocenters. The average Bonchev–Trinajstić information content (AvgIpc) is 3.12. The lowest BCUT2D eigenvalue weighted by Gasteiger charge is -2.25. The molecule has 0 amide bonds. The Morgan fingerprint density at radius 3 is 2.44 bits per heavy atom. The van der Waals surface area contributed by atoms with Gasteiger partial charge in [0.15, 0.2) is 5.78 Å². The molecule has 2 nitrogen and oxygen atoms in total. The number of benzene rings is 1. The Balaban J connectivity index is 1.97. The molecule has 1 fully saturated rings. The summed E-state index contributed by atoms with van der Waals surface area (Å²) in [6.45, 7) is 5.66. The van der Waals surface area contributed by atoms with Gasteiger partial charge < -0.3 is 0 Å². The second-order valence-corrected chi connectivity index (χ2v) is 5.40. The first-order chi connectivity index (χ1) is 8.56. The van der Waals surface area contributed by atoms with E-state index >= 15 is 0 Å². The Hall–Kier alpha value is -1.22. The summed E-state index contributed by atoms with van der Waals surface area (Å²) in [5.41, 5.74) is 0.595. The average molecular weight is 249 g/mol. The molecule has 1 aromatic carbocycles. The van der Waals surface area contributed by atoms with Gasteiger partial charge >= 0.3 is 0 Å². The second-order valence-electron chi connectivity index (χ2n) is 5.40. The summed E-state index contributed by atoms with van der Waals surface area (Å²) >= 11 is 0. The van der Waals surface area contributed by atoms with Gasteiger partial charge in [-0.25, -0.2) is 4.39 Å². The molecule has 1 aromatic rings. The number of hydrogen-bond acceptors (Lipinski definition) is 2. The molecule has 1 saturated carbocycles. The van der Waals surface area contributed by atoms with E-state index in [0.717, 1.165) is 12.5 Å². The lowest BCUT2D eigenvalue weighted by atomic mass is 10.1. The molecule has 98 valence electrons. The van der Waals surface area contributed by atoms with E-state index < -0.39 is 0 Å². The number of nitrogens with zero attached hydrogens (tertiary/aromatic N) is 1. The largest absolute Gasteiger partial charge is 0.293 e. The molecule has 0 bridgehead atoms. The van der Waals surface area contributed by atoms with Crippen molar-refractivity contribution < 1.29 is 9.18 Å². The van der Waals surface area contributed by atoms with Crippen LogP contribution in [0.5, 0.6) is 0 Å². The van der Waals surface area contributed by atoms with Crippen LogP contribution >= 0.6 is 0 Å². The van der Waals surface area contributed by atoms with Gasteiger partial charge in [-0.15, -0.1) is 0 Å². The van der Waals surface area contributed by atoms with Gasteiger partial charge in [0.1, 0.15) is 5.82 Å². The molecule has 0 heterocycles. The highest BCUT2D eigenvalue weighted by Crippen LogP contribution is 2.30. The summed E-state index contributed by atoms with van der Waals surface area (Å²) in [6.07, 6.45) is 2.57. The summed E-state index contributed by atoms with van der Waals surface area (Å²) in [4.78, 5) is 14.3. The van der Waals surface area contributed by atoms with Crippen molar-refractivity contribution in [2.24, 2.45) is 5.92 Å². The third-order valence-electron chi connectivity index (χ3n) is 3.43. The Kier molecular flexibility index (Phi) is 4.12. The van der Waals surface area contributed by atoms with E-state index in [0.29, 0.717) is 18.2 Å². The quantitative estimate of drug-likeness (QED) is 0.722. The third-order valence-corrected chi connectivity index (χ3v) is 3.43. The van der Waals surface area contributed by atoms with E-state index in [4.69, 9.17) is 0 Å². The minimum Gasteiger partial charge on any atom is -0.293 e. The van der Waals surface area contributed by atoms with E-state index in [1.165, 1.54) is 25.0 Å². The van der Waals surface area contributed by atoms with Gasteiger partial charge in [-0.1, -0.05) is 0 Å². The number of carbonyl (C=O) groups is 1. The van der Waals surface area contributed by atoms with Crippen molar-refractivity contribution in [2.75, 3.05) is 13.1 Å². The second kappa shape index (κ2) is 5.61. The van der Waals surface area contributed by atoms with Crippen molar-refractivity contribution >= 4 is 5.78 Å². The fourth-order valence-electron chi connectivity index (χ4n) is 2.00. The lowest BCUT2D eigenvalue weighted by molar-refractivity contribution is 0.0901. The molecule has 1 aliphatic carbocycles. The van der Waals surface area contributed by atoms with Crippen LogP contribution in [0.3, 0.4) is 0 Å². The van der Waals surface area contributed by atoms with Gasteiger partial charge in [0.25, 0.3) is 0 Å². The summed E-state index contributed by atoms with van der Waals surface area (Å²) < 4.78 is 12.8. The number of hydrogen-bond donors (Lipinski definition) is 0. The van der Waals surface area contributed by atoms with Crippen LogP contribution in [0.4, 0.5) is 4.39 Å². The minimum absolute atomic E-state index is 0.0735. The lowest BCUT2D eigenvalue weighted by Crippen LogP contribution is -2.37. The Bertz CT molecular complexity index is 409. The molecule has 0 saturated heterocycles. The molecular formula is C15H20FNO. The van der Waals surface area contributed by atoms with Crippen LogP contribution < -0.4 is 0 Å². The van der Waals surface area contributed by atoms with E-state index in [1.54, 1.807) is 12.1 Å². The molecular weight excluding hydrogens is 229 g/mol. The number of carbonyl (C=O) groups excluding carboxylic acids is 1. The summed E-state index contributed by atoms with van der Waals surface area (Å²) in [6, 6.07) is 6.18. The zero-order valence-electron chi connectivity index (χ0n) is 11.0. The summed E-state index contributed by atoms with van der Waals surface area (Å²) in [5.74, 6) is 0.544. The Morgan fingerprint density at radius 2 is 1.94 bits per heavy atom. The standard InChI is InChI=1S/C15H20FNO/c1-11(2)17(9-12-3-4-12)10-15(18)13-5-7-14(16)8-6-13/h5-8,11-12H,3-4,9-10H2,1-2H3. The van der Waals surface area contributed by atoms with Crippen LogP contribution in [0.25, 0.3) is 0 Å². The van der Waals surface area contributed by atoms with Crippen molar-refractivity contribution in [3.05, 3.63) is 35.6 Å². The maximum absolute atomic E-state index is 12.8. The van der Waals surface area contributed by atoms with E-state index in [-0.39, 0.29) is 11.6 Å². The zero-order valence-corrected chi connectivity index (χ0v) is 11.0. The number of halogens is 1. The van der Waals surface area contributed by atoms with Crippen molar-refractivity contribution in [1.82, 2.24) is 4.90 Å². The fraction of sp³-hybridized carbons (Fsp3) is 0.533. The van der Waals surface area contributed by atoms with Crippen LogP contribution in [0, 0.1) is 11.7 Å². The highest BCUT2D eigenvalue weighted by molar-refractivity contribution is 5.97. The van der Waals surface area contributed by atoms with Crippen LogP contribution in [0.15, 0.2) is 24.3 Å². The van der Waals surface area contributed by atoms with Crippen LogP contribution in [0.1, 0.15) is 37.0 Å². The summed E-state index contributed by atoms with van der Waals surface area (Å²) in [5, 5.41) is 0. The summed E-state index contributed by atoms with van der Waals surface area (Å²) in [7, 11) is 0. The Morgan fingerprint density at radius 1 is 1.33 bits per heavy atom. The smallest absolute Gasteiger partial charge is 0.176 e. The molecule has 0 radical (unpaired) electrons. The molecule has 1 aliphatic rings. The highest BCUT2D eigenvalue weighted by Gasteiger charge is 2.26. The van der Waals surface area contributed by atoms with Gasteiger partial charge in [-0.3, -0.25) is 9.69 Å². The number of rotatable bonds is 6. The van der Waals surface area contributed by atoms with Gasteiger partial charge in [-0.05, 0) is 56.9 Å². The van der Waals surface area contributed by atoms with Crippen LogP contribution in [0.2, 0.25) is 0 Å². The van der Waals surface area contributed by atoms with Crippen LogP contribution in [-0.4, -0.2) is 29.8 Å². The van der Waals surface area contributed by atoms with E-state index in [9.17, 15) is 9.18 Å². The molecule has 0 N–H and O–H groups in total. The van der Waals surface area contributed by atoms with Gasteiger partial charge in [0.2, 0.25) is 0 Å². The minimum atomic E-state index is -0.301. The molecule has 3 heteroatoms. The molecule has 2 rings (SSSR count). The third kappa shape index (κ3) is 3.64. The van der Waals surface area contributed by atoms with Gasteiger partial charge in [-0.2, -0.15) is 0 Å². The Labute approximate surface area is 108 Å². The normalized spacial score (nSPS) is 15.4. The fourth-order valence-corrected chi connectivity index (χ4v) is 2.00. The maximum atomic E-state index is 12.8. The molecule has 0 atom stereocenters. The van der Waals surface area contributed by atoms with Gasteiger partial charge in [0.05, 0.1) is 6.54 Å². The van der Waals surface area contributed by atoms with E-state index in [1.807, 2.05) is 0 Å². The molecule has 0 aromatic heterocycles. The molecule has 0 spiro atoms. The van der Waals surface area contributed by atoms with Crippen molar-refractivity contribution in [1.29, 1.82) is 0 Å². The number of Topliss-reactive ketones (excluding diaryl/α,β-unsaturated/α-hetero) is 1. The van der Waals surface area contributed by atoms with Gasteiger partial charge in [0, 0.05) is 18.2 Å². The van der Waals surface area contributed by atoms with E-state index in [2.05, 4.69) is 18.7 Å². The first-order valence-corrected chi connectivity index (χ1v) is 6.59. The predicted molar refractivity (Wildman–Crippen MR) is 70.2 cm³/mol. The topological polar surface area (TPSA) is 20.3 Å². The highest BCUT2D eigenvalue weighted by atomic mass is 19.1. The van der Waals surface area contributed by atoms with Crippen molar-refractivity contribution in [3.63, 3.8) is 0 Å². The predicted octanol–water partition coefficient (Wildman–Crippen LogP) is 3.13. The maximum Gasteiger partial charge on any atom is 0.176 e. The first kappa shape index (κ1) is 13.2. The zero-order chi connectivity index (χ0) is 13.1. The molecule has 18 heavy (non-hydrogen) atoms. The first-order valence-electron chi connectivity index (χ1n) is 6.59. The monoisotopic (exact) mass is 249 g/mol. The molecule has 0 aliphatic heterocycles.